The number of carbonyl (C=O) groups excluding carboxylic acids is 1. The van der Waals surface area contributed by atoms with Crippen LogP contribution in [0.1, 0.15) is 47.9 Å². The molecule has 0 unspecified atom stereocenters. The van der Waals surface area contributed by atoms with Crippen LogP contribution in [-0.2, 0) is 22.4 Å². The lowest BCUT2D eigenvalue weighted by atomic mass is 9.84. The summed E-state index contributed by atoms with van der Waals surface area (Å²) in [6.07, 6.45) is -1.51. The number of oxime groups is 1. The first-order chi connectivity index (χ1) is 14.8. The van der Waals surface area contributed by atoms with Crippen molar-refractivity contribution >= 4 is 11.6 Å². The smallest absolute Gasteiger partial charge is 0.390 e. The van der Waals surface area contributed by atoms with E-state index in [2.05, 4.69) is 5.16 Å². The van der Waals surface area contributed by atoms with Gasteiger partial charge in [-0.3, -0.25) is 4.79 Å². The van der Waals surface area contributed by atoms with E-state index < -0.39 is 11.7 Å². The lowest BCUT2D eigenvalue weighted by Gasteiger charge is -2.32. The monoisotopic (exact) mass is 430 g/mol. The molecule has 0 bridgehead atoms. The third-order valence-corrected chi connectivity index (χ3v) is 5.94. The maximum absolute atomic E-state index is 13.1. The van der Waals surface area contributed by atoms with Gasteiger partial charge in [0.05, 0.1) is 17.8 Å². The van der Waals surface area contributed by atoms with Gasteiger partial charge in [0.2, 0.25) is 5.91 Å². The molecule has 1 atom stereocenters. The Labute approximate surface area is 179 Å². The zero-order valence-corrected chi connectivity index (χ0v) is 17.4. The molecule has 2 aromatic rings. The number of nitrogens with zero attached hydrogens (tertiary/aromatic N) is 2. The van der Waals surface area contributed by atoms with Gasteiger partial charge in [-0.1, -0.05) is 53.5 Å². The fourth-order valence-electron chi connectivity index (χ4n) is 3.90. The van der Waals surface area contributed by atoms with Crippen LogP contribution in [0.15, 0.2) is 53.7 Å². The molecule has 31 heavy (non-hydrogen) atoms. The minimum Gasteiger partial charge on any atom is -0.390 e. The van der Waals surface area contributed by atoms with Crippen LogP contribution < -0.4 is 0 Å². The number of alkyl halides is 3. The Balaban J connectivity index is 1.46. The van der Waals surface area contributed by atoms with E-state index in [4.69, 9.17) is 4.84 Å². The third-order valence-electron chi connectivity index (χ3n) is 5.94. The van der Waals surface area contributed by atoms with Crippen molar-refractivity contribution in [3.8, 4) is 0 Å². The van der Waals surface area contributed by atoms with Crippen LogP contribution in [0, 0.1) is 12.8 Å². The van der Waals surface area contributed by atoms with Gasteiger partial charge in [-0.25, -0.2) is 0 Å². The lowest BCUT2D eigenvalue weighted by Crippen LogP contribution is -2.42. The summed E-state index contributed by atoms with van der Waals surface area (Å²) in [5.74, 6) is -0.0688. The first kappa shape index (κ1) is 21.4. The molecule has 1 fully saturated rings. The first-order valence-corrected chi connectivity index (χ1v) is 10.5. The van der Waals surface area contributed by atoms with Crippen LogP contribution in [0.4, 0.5) is 13.2 Å². The topological polar surface area (TPSA) is 41.9 Å². The molecule has 1 aliphatic heterocycles. The summed E-state index contributed by atoms with van der Waals surface area (Å²) in [5.41, 5.74) is 2.70. The van der Waals surface area contributed by atoms with E-state index in [1.165, 1.54) is 6.07 Å². The number of halogens is 3. The van der Waals surface area contributed by atoms with Crippen molar-refractivity contribution in [2.45, 2.75) is 51.4 Å². The maximum atomic E-state index is 13.1. The highest BCUT2D eigenvalue weighted by Gasteiger charge is 2.34. The fraction of sp³-hybridized carbons (Fsp3) is 0.417. The second kappa shape index (κ2) is 8.73. The summed E-state index contributed by atoms with van der Waals surface area (Å²) < 4.78 is 39.3. The molecular weight excluding hydrogens is 405 g/mol. The van der Waals surface area contributed by atoms with Crippen LogP contribution in [0.3, 0.4) is 0 Å². The van der Waals surface area contributed by atoms with Gasteiger partial charge >= 0.3 is 6.18 Å². The van der Waals surface area contributed by atoms with E-state index in [9.17, 15) is 18.0 Å². The second-order valence-electron chi connectivity index (χ2n) is 8.38. The van der Waals surface area contributed by atoms with Crippen LogP contribution in [0.25, 0.3) is 0 Å². The number of amides is 1. The Hall–Kier alpha value is -2.83. The van der Waals surface area contributed by atoms with E-state index in [1.54, 1.807) is 11.0 Å². The van der Waals surface area contributed by atoms with Crippen molar-refractivity contribution in [1.29, 1.82) is 0 Å². The molecular formula is C24H25F3N2O2. The minimum atomic E-state index is -4.41. The molecule has 1 saturated carbocycles. The molecule has 1 heterocycles. The van der Waals surface area contributed by atoms with Crippen molar-refractivity contribution in [1.82, 2.24) is 4.90 Å². The van der Waals surface area contributed by atoms with Gasteiger partial charge in [-0.15, -0.1) is 0 Å². The molecule has 0 radical (unpaired) electrons. The average molecular weight is 430 g/mol. The standard InChI is InChI=1S/C24H25F3N2O2/c1-16-8-10-18(11-9-16)22-13-21(31-28-22)15-29(23(30)19-5-3-6-19)14-17-4-2-7-20(12-17)24(25,26)27/h2,4,7-12,19,21H,3,5-6,13-15H2,1H3/t21-/m0/s1. The summed E-state index contributed by atoms with van der Waals surface area (Å²) in [6, 6.07) is 13.2. The van der Waals surface area contributed by atoms with Crippen molar-refractivity contribution in [3.63, 3.8) is 0 Å². The van der Waals surface area contributed by atoms with Crippen molar-refractivity contribution < 1.29 is 22.8 Å². The lowest BCUT2D eigenvalue weighted by molar-refractivity contribution is -0.140. The Kier molecular flexibility index (Phi) is 6.03. The number of benzene rings is 2. The van der Waals surface area contributed by atoms with E-state index in [0.29, 0.717) is 18.5 Å². The van der Waals surface area contributed by atoms with E-state index in [0.717, 1.165) is 48.2 Å². The molecule has 0 saturated heterocycles. The quantitative estimate of drug-likeness (QED) is 0.621. The van der Waals surface area contributed by atoms with Gasteiger partial charge in [0.15, 0.2) is 6.10 Å². The number of aryl methyl sites for hydroxylation is 1. The van der Waals surface area contributed by atoms with Crippen LogP contribution in [0.2, 0.25) is 0 Å². The Morgan fingerprint density at radius 1 is 1.16 bits per heavy atom. The maximum Gasteiger partial charge on any atom is 0.416 e. The van der Waals surface area contributed by atoms with Crippen LogP contribution in [0.5, 0.6) is 0 Å². The highest BCUT2D eigenvalue weighted by atomic mass is 19.4. The summed E-state index contributed by atoms with van der Waals surface area (Å²) in [5, 5.41) is 4.19. The van der Waals surface area contributed by atoms with Crippen LogP contribution in [-0.4, -0.2) is 29.2 Å². The van der Waals surface area contributed by atoms with Gasteiger partial charge in [0.25, 0.3) is 0 Å². The summed E-state index contributed by atoms with van der Waals surface area (Å²) >= 11 is 0. The van der Waals surface area contributed by atoms with Crippen molar-refractivity contribution in [3.05, 3.63) is 70.8 Å². The highest BCUT2D eigenvalue weighted by Crippen LogP contribution is 2.32. The molecule has 2 aromatic carbocycles. The molecule has 4 rings (SSSR count). The molecule has 164 valence electrons. The molecule has 7 heteroatoms. The average Bonchev–Trinajstić information content (AvgIpc) is 3.15. The predicted molar refractivity (Wildman–Crippen MR) is 111 cm³/mol. The van der Waals surface area contributed by atoms with Gasteiger partial charge in [0, 0.05) is 18.9 Å². The number of hydrogen-bond acceptors (Lipinski definition) is 3. The number of carbonyl (C=O) groups is 1. The van der Waals surface area contributed by atoms with Gasteiger partial charge in [0.1, 0.15) is 0 Å². The summed E-state index contributed by atoms with van der Waals surface area (Å²) in [4.78, 5) is 20.2. The zero-order chi connectivity index (χ0) is 22.0. The zero-order valence-electron chi connectivity index (χ0n) is 17.4. The predicted octanol–water partition coefficient (Wildman–Crippen LogP) is 5.34. The van der Waals surface area contributed by atoms with E-state index >= 15 is 0 Å². The highest BCUT2D eigenvalue weighted by molar-refractivity contribution is 6.01. The molecule has 0 spiro atoms. The Morgan fingerprint density at radius 2 is 1.90 bits per heavy atom. The normalized spacial score (nSPS) is 18.8. The molecule has 1 aliphatic carbocycles. The SMILES string of the molecule is Cc1ccc(C2=NO[C@H](CN(Cc3cccc(C(F)(F)F)c3)C(=O)C3CCC3)C2)cc1. The van der Waals surface area contributed by atoms with Crippen molar-refractivity contribution in [2.24, 2.45) is 11.1 Å². The Bertz CT molecular complexity index is 966. The summed E-state index contributed by atoms with van der Waals surface area (Å²) in [7, 11) is 0. The van der Waals surface area contributed by atoms with E-state index in [-0.39, 0.29) is 24.5 Å². The van der Waals surface area contributed by atoms with Gasteiger partial charge < -0.3 is 9.74 Å². The molecule has 1 amide bonds. The first-order valence-electron chi connectivity index (χ1n) is 10.5. The second-order valence-corrected chi connectivity index (χ2v) is 8.38. The molecule has 4 nitrogen and oxygen atoms in total. The van der Waals surface area contributed by atoms with E-state index in [1.807, 2.05) is 31.2 Å². The van der Waals surface area contributed by atoms with Crippen molar-refractivity contribution in [2.75, 3.05) is 6.54 Å². The number of rotatable bonds is 6. The summed E-state index contributed by atoms with van der Waals surface area (Å²) in [6.45, 7) is 2.43. The fourth-order valence-corrected chi connectivity index (χ4v) is 3.90. The number of hydrogen-bond donors (Lipinski definition) is 0. The molecule has 0 aromatic heterocycles. The van der Waals surface area contributed by atoms with Gasteiger partial charge in [-0.2, -0.15) is 13.2 Å². The molecule has 2 aliphatic rings. The van der Waals surface area contributed by atoms with Crippen LogP contribution >= 0.6 is 0 Å². The Morgan fingerprint density at radius 3 is 2.55 bits per heavy atom. The molecule has 0 N–H and O–H groups in total. The van der Waals surface area contributed by atoms with Gasteiger partial charge in [-0.05, 0) is 43.0 Å². The largest absolute Gasteiger partial charge is 0.416 e. The third kappa shape index (κ3) is 5.09. The minimum absolute atomic E-state index is 0.0175.